The minimum atomic E-state index is -1.03. The quantitative estimate of drug-likeness (QED) is 0.891. The van der Waals surface area contributed by atoms with Gasteiger partial charge in [-0.05, 0) is 23.6 Å². The topological polar surface area (TPSA) is 66.0 Å². The summed E-state index contributed by atoms with van der Waals surface area (Å²) < 4.78 is 0. The summed E-state index contributed by atoms with van der Waals surface area (Å²) in [6.07, 6.45) is 0. The fourth-order valence-electron chi connectivity index (χ4n) is 1.73. The van der Waals surface area contributed by atoms with E-state index >= 15 is 0 Å². The molecule has 0 amide bonds. The zero-order valence-electron chi connectivity index (χ0n) is 10.1. The first-order valence-corrected chi connectivity index (χ1v) is 5.95. The van der Waals surface area contributed by atoms with E-state index in [0.717, 1.165) is 11.1 Å². The number of hydrogen-bond acceptors (Lipinski definition) is 2. The zero-order valence-corrected chi connectivity index (χ0v) is 10.8. The summed E-state index contributed by atoms with van der Waals surface area (Å²) in [7, 11) is 0. The molecule has 0 atom stereocenters. The molecule has 0 saturated heterocycles. The van der Waals surface area contributed by atoms with Crippen LogP contribution >= 0.6 is 11.6 Å². The van der Waals surface area contributed by atoms with Crippen molar-refractivity contribution in [3.63, 3.8) is 0 Å². The number of halogens is 1. The fourth-order valence-corrected chi connectivity index (χ4v) is 2.13. The summed E-state index contributed by atoms with van der Waals surface area (Å²) in [5.41, 5.74) is 2.50. The van der Waals surface area contributed by atoms with Gasteiger partial charge < -0.3 is 5.11 Å². The second-order valence-corrected chi connectivity index (χ2v) is 4.77. The number of benzene rings is 1. The maximum absolute atomic E-state index is 10.8. The highest BCUT2D eigenvalue weighted by molar-refractivity contribution is 6.31. The van der Waals surface area contributed by atoms with Crippen molar-refractivity contribution in [2.45, 2.75) is 19.8 Å². The lowest BCUT2D eigenvalue weighted by atomic mass is 10.0. The van der Waals surface area contributed by atoms with Gasteiger partial charge in [-0.15, -0.1) is 0 Å². The lowest BCUT2D eigenvalue weighted by Crippen LogP contribution is -1.95. The number of aromatic nitrogens is 2. The molecule has 0 aliphatic heterocycles. The summed E-state index contributed by atoms with van der Waals surface area (Å²) in [5, 5.41) is 15.9. The Morgan fingerprint density at radius 1 is 1.39 bits per heavy atom. The number of carboxylic acid groups (broad SMARTS) is 1. The van der Waals surface area contributed by atoms with E-state index in [1.54, 1.807) is 6.07 Å². The summed E-state index contributed by atoms with van der Waals surface area (Å²) in [4.78, 5) is 10.8. The Labute approximate surface area is 110 Å². The van der Waals surface area contributed by atoms with E-state index in [2.05, 4.69) is 24.0 Å². The predicted octanol–water partition coefficient (Wildman–Crippen LogP) is 3.55. The lowest BCUT2D eigenvalue weighted by Gasteiger charge is -2.08. The van der Waals surface area contributed by atoms with Crippen LogP contribution in [0.5, 0.6) is 0 Å². The largest absolute Gasteiger partial charge is 0.477 e. The van der Waals surface area contributed by atoms with Gasteiger partial charge in [0.15, 0.2) is 0 Å². The molecule has 0 radical (unpaired) electrons. The first-order chi connectivity index (χ1) is 8.49. The Balaban J connectivity index is 2.39. The molecule has 1 aromatic heterocycles. The SMILES string of the molecule is CC(C)c1ccc(-c2cc(C(=O)O)[nH]n2)cc1Cl. The van der Waals surface area contributed by atoms with Gasteiger partial charge in [-0.2, -0.15) is 5.10 Å². The lowest BCUT2D eigenvalue weighted by molar-refractivity contribution is 0.0690. The van der Waals surface area contributed by atoms with Crippen LogP contribution in [0.25, 0.3) is 11.3 Å². The van der Waals surface area contributed by atoms with Gasteiger partial charge in [-0.3, -0.25) is 5.10 Å². The Morgan fingerprint density at radius 3 is 2.61 bits per heavy atom. The van der Waals surface area contributed by atoms with Crippen LogP contribution in [0.2, 0.25) is 5.02 Å². The van der Waals surface area contributed by atoms with Gasteiger partial charge in [0.2, 0.25) is 0 Å². The molecular weight excluding hydrogens is 252 g/mol. The maximum atomic E-state index is 10.8. The van der Waals surface area contributed by atoms with Crippen LogP contribution in [0.4, 0.5) is 0 Å². The predicted molar refractivity (Wildman–Crippen MR) is 70.1 cm³/mol. The molecule has 2 rings (SSSR count). The minimum Gasteiger partial charge on any atom is -0.477 e. The average Bonchev–Trinajstić information content (AvgIpc) is 2.77. The third kappa shape index (κ3) is 2.38. The van der Waals surface area contributed by atoms with Crippen LogP contribution in [0, 0.1) is 0 Å². The maximum Gasteiger partial charge on any atom is 0.353 e. The molecule has 0 saturated carbocycles. The highest BCUT2D eigenvalue weighted by Crippen LogP contribution is 2.29. The zero-order chi connectivity index (χ0) is 13.3. The number of carboxylic acids is 1. The molecular formula is C13H13ClN2O2. The molecule has 1 heterocycles. The monoisotopic (exact) mass is 264 g/mol. The third-order valence-electron chi connectivity index (χ3n) is 2.73. The first kappa shape index (κ1) is 12.6. The number of nitrogens with zero attached hydrogens (tertiary/aromatic N) is 1. The number of carbonyl (C=O) groups is 1. The van der Waals surface area contributed by atoms with E-state index in [4.69, 9.17) is 16.7 Å². The number of nitrogens with one attached hydrogen (secondary N) is 1. The first-order valence-electron chi connectivity index (χ1n) is 5.57. The molecule has 0 bridgehead atoms. The van der Waals surface area contributed by atoms with E-state index in [0.29, 0.717) is 16.6 Å². The van der Waals surface area contributed by atoms with Crippen LogP contribution in [0.3, 0.4) is 0 Å². The molecule has 0 fully saturated rings. The Morgan fingerprint density at radius 2 is 2.11 bits per heavy atom. The molecule has 0 aliphatic rings. The smallest absolute Gasteiger partial charge is 0.353 e. The van der Waals surface area contributed by atoms with Gasteiger partial charge >= 0.3 is 5.97 Å². The van der Waals surface area contributed by atoms with Crippen LogP contribution in [-0.4, -0.2) is 21.3 Å². The summed E-state index contributed by atoms with van der Waals surface area (Å²) >= 11 is 6.19. The third-order valence-corrected chi connectivity index (χ3v) is 3.05. The number of aromatic carboxylic acids is 1. The Bertz CT molecular complexity index is 590. The van der Waals surface area contributed by atoms with Crippen molar-refractivity contribution in [1.29, 1.82) is 0 Å². The van der Waals surface area contributed by atoms with Crippen molar-refractivity contribution >= 4 is 17.6 Å². The molecule has 5 heteroatoms. The van der Waals surface area contributed by atoms with Gasteiger partial charge in [0.05, 0.1) is 5.69 Å². The number of aromatic amines is 1. The van der Waals surface area contributed by atoms with Gasteiger partial charge in [-0.1, -0.05) is 37.6 Å². The molecule has 4 nitrogen and oxygen atoms in total. The van der Waals surface area contributed by atoms with E-state index < -0.39 is 5.97 Å². The second-order valence-electron chi connectivity index (χ2n) is 4.36. The molecule has 2 aromatic rings. The van der Waals surface area contributed by atoms with E-state index in [1.807, 2.05) is 12.1 Å². The van der Waals surface area contributed by atoms with Crippen LogP contribution < -0.4 is 0 Å². The second kappa shape index (κ2) is 4.82. The van der Waals surface area contributed by atoms with Crippen molar-refractivity contribution in [1.82, 2.24) is 10.2 Å². The molecule has 0 spiro atoms. The van der Waals surface area contributed by atoms with Crippen molar-refractivity contribution < 1.29 is 9.90 Å². The van der Waals surface area contributed by atoms with E-state index in [1.165, 1.54) is 6.07 Å². The molecule has 94 valence electrons. The highest BCUT2D eigenvalue weighted by atomic mass is 35.5. The van der Waals surface area contributed by atoms with Crippen molar-refractivity contribution in [3.05, 3.63) is 40.5 Å². The molecule has 18 heavy (non-hydrogen) atoms. The molecule has 2 N–H and O–H groups in total. The average molecular weight is 265 g/mol. The number of H-pyrrole nitrogens is 1. The minimum absolute atomic E-state index is 0.0639. The van der Waals surface area contributed by atoms with Gasteiger partial charge in [0, 0.05) is 10.6 Å². The van der Waals surface area contributed by atoms with Crippen LogP contribution in [0.15, 0.2) is 24.3 Å². The number of hydrogen-bond donors (Lipinski definition) is 2. The van der Waals surface area contributed by atoms with Crippen molar-refractivity contribution in [2.24, 2.45) is 0 Å². The summed E-state index contributed by atoms with van der Waals surface area (Å²) in [5.74, 6) is -0.682. The molecule has 0 aliphatic carbocycles. The van der Waals surface area contributed by atoms with Crippen molar-refractivity contribution in [2.75, 3.05) is 0 Å². The van der Waals surface area contributed by atoms with Gasteiger partial charge in [0.1, 0.15) is 5.69 Å². The normalized spacial score (nSPS) is 10.9. The summed E-state index contributed by atoms with van der Waals surface area (Å²) in [6, 6.07) is 7.13. The Kier molecular flexibility index (Phi) is 3.39. The molecule has 1 aromatic carbocycles. The van der Waals surface area contributed by atoms with E-state index in [-0.39, 0.29) is 5.69 Å². The van der Waals surface area contributed by atoms with Crippen molar-refractivity contribution in [3.8, 4) is 11.3 Å². The molecule has 0 unspecified atom stereocenters. The number of rotatable bonds is 3. The van der Waals surface area contributed by atoms with Crippen LogP contribution in [-0.2, 0) is 0 Å². The highest BCUT2D eigenvalue weighted by Gasteiger charge is 2.11. The standard InChI is InChI=1S/C13H13ClN2O2/c1-7(2)9-4-3-8(5-10(9)14)11-6-12(13(17)18)16-15-11/h3-7H,1-2H3,(H,15,16)(H,17,18). The van der Waals surface area contributed by atoms with E-state index in [9.17, 15) is 4.79 Å². The Hall–Kier alpha value is -1.81. The van der Waals surface area contributed by atoms with Crippen LogP contribution in [0.1, 0.15) is 35.8 Å². The fraction of sp³-hybridized carbons (Fsp3) is 0.231. The summed E-state index contributed by atoms with van der Waals surface area (Å²) in [6.45, 7) is 4.13. The van der Waals surface area contributed by atoms with Gasteiger partial charge in [-0.25, -0.2) is 4.79 Å². The van der Waals surface area contributed by atoms with Gasteiger partial charge in [0.25, 0.3) is 0 Å².